The Balaban J connectivity index is 0.00000593. The minimum atomic E-state index is -1.07. The van der Waals surface area contributed by atoms with Crippen LogP contribution in [0.15, 0.2) is 48.5 Å². The van der Waals surface area contributed by atoms with Gasteiger partial charge in [0.1, 0.15) is 12.1 Å². The van der Waals surface area contributed by atoms with Crippen LogP contribution in [-0.4, -0.2) is 142 Å². The van der Waals surface area contributed by atoms with Crippen molar-refractivity contribution in [3.05, 3.63) is 81.9 Å². The molecule has 410 valence electrons. The highest BCUT2D eigenvalue weighted by molar-refractivity contribution is 5.74. The topological polar surface area (TPSA) is 167 Å². The Morgan fingerprint density at radius 1 is 0.473 bits per heavy atom. The van der Waals surface area contributed by atoms with E-state index in [0.29, 0.717) is 131 Å². The van der Waals surface area contributed by atoms with Gasteiger partial charge in [-0.1, -0.05) is 12.8 Å². The number of quaternary nitrogens is 2. The van der Waals surface area contributed by atoms with E-state index in [2.05, 4.69) is 38.4 Å². The second-order valence-corrected chi connectivity index (χ2v) is 19.6. The lowest BCUT2D eigenvalue weighted by Crippen LogP contribution is -3.00. The van der Waals surface area contributed by atoms with Crippen molar-refractivity contribution in [2.24, 2.45) is 5.41 Å². The summed E-state index contributed by atoms with van der Waals surface area (Å²) in [5.74, 6) is 4.03. The predicted octanol–water partition coefficient (Wildman–Crippen LogP) is 3.33. The first kappa shape index (κ1) is 60.9. The van der Waals surface area contributed by atoms with Gasteiger partial charge in [-0.3, -0.25) is 9.59 Å². The molecule has 2 aliphatic heterocycles. The number of aliphatic carboxylic acids is 2. The Kier molecular flexibility index (Phi) is 22.0. The predicted molar refractivity (Wildman–Crippen MR) is 273 cm³/mol. The third-order valence-corrected chi connectivity index (χ3v) is 15.6. The summed E-state index contributed by atoms with van der Waals surface area (Å²) >= 11 is 0. The first-order chi connectivity index (χ1) is 34.6. The zero-order valence-electron chi connectivity index (χ0n) is 45.3. The molecule has 0 amide bonds. The van der Waals surface area contributed by atoms with Crippen molar-refractivity contribution in [2.45, 2.75) is 82.7 Å². The molecule has 0 fully saturated rings. The van der Waals surface area contributed by atoms with Crippen LogP contribution in [-0.2, 0) is 22.4 Å². The van der Waals surface area contributed by atoms with Crippen LogP contribution < -0.4 is 72.2 Å². The quantitative estimate of drug-likeness (QED) is 0.0660. The smallest absolute Gasteiger partial charge is 0.309 e. The fourth-order valence-electron chi connectivity index (χ4n) is 11.7. The van der Waals surface area contributed by atoms with Crippen molar-refractivity contribution >= 4 is 11.9 Å². The normalized spacial score (nSPS) is 18.8. The maximum absolute atomic E-state index is 14.0. The lowest BCUT2D eigenvalue weighted by atomic mass is 9.74. The first-order valence-corrected chi connectivity index (χ1v) is 24.8. The van der Waals surface area contributed by atoms with E-state index >= 15 is 0 Å². The van der Waals surface area contributed by atoms with E-state index in [0.717, 1.165) is 59.3 Å². The lowest BCUT2D eigenvalue weighted by Gasteiger charge is -2.47. The standard InChI is InChI=1S/C56H76N2O14.2ClH/c1-57(26-19-36-28-42(63-3)44(65-5)34-40(36)51(57)38-30-46(67-7)53(71-11)47(31-38)68-8)24-16-22-56(55(61)62,21-15-13-14-18-50(59)60)23-17-25-58(2)27-20-37-29-43(64-4)45(66-6)35-41(37)52(58)39-32-48(69-9)54(72-12)49(33-39)70-10;;/h28-35,51-52H,13-27H2,1-12H3;2*1H/t51-,52-,57+,58+;;/m0../s1. The van der Waals surface area contributed by atoms with Crippen LogP contribution in [0.5, 0.6) is 57.5 Å². The van der Waals surface area contributed by atoms with Gasteiger partial charge in [0.15, 0.2) is 46.0 Å². The molecule has 0 saturated heterocycles. The number of methoxy groups -OCH3 is 10. The average molecular weight is 1070 g/mol. The molecule has 0 bridgehead atoms. The van der Waals surface area contributed by atoms with Gasteiger partial charge < -0.3 is 91.4 Å². The Hall–Kier alpha value is -5.68. The molecule has 0 aliphatic carbocycles. The van der Waals surface area contributed by atoms with E-state index < -0.39 is 17.4 Å². The Morgan fingerprint density at radius 2 is 0.811 bits per heavy atom. The second kappa shape index (κ2) is 26.7. The molecule has 0 radical (unpaired) electrons. The summed E-state index contributed by atoms with van der Waals surface area (Å²) in [6.07, 6.45) is 5.86. The molecule has 18 heteroatoms. The van der Waals surface area contributed by atoms with Crippen LogP contribution in [0.25, 0.3) is 0 Å². The summed E-state index contributed by atoms with van der Waals surface area (Å²) in [5, 5.41) is 20.9. The molecule has 0 aromatic heterocycles. The first-order valence-electron chi connectivity index (χ1n) is 24.8. The number of ether oxygens (including phenoxy) is 10. The highest BCUT2D eigenvalue weighted by Crippen LogP contribution is 2.51. The van der Waals surface area contributed by atoms with Crippen molar-refractivity contribution < 1.29 is 101 Å². The fraction of sp³-hybridized carbons (Fsp3) is 0.536. The maximum Gasteiger partial charge on any atom is 0.309 e. The Morgan fingerprint density at radius 3 is 1.12 bits per heavy atom. The molecule has 16 nitrogen and oxygen atoms in total. The number of fused-ring (bicyclic) bond motifs is 2. The van der Waals surface area contributed by atoms with E-state index in [4.69, 9.17) is 47.4 Å². The summed E-state index contributed by atoms with van der Waals surface area (Å²) in [6, 6.07) is 15.9. The number of halogens is 2. The number of likely N-dealkylation sites (N-methyl/N-ethyl adjacent to an activating group) is 2. The van der Waals surface area contributed by atoms with Crippen LogP contribution in [0.4, 0.5) is 0 Å². The van der Waals surface area contributed by atoms with Gasteiger partial charge in [0.25, 0.3) is 0 Å². The molecular weight excluding hydrogens is 996 g/mol. The highest BCUT2D eigenvalue weighted by Gasteiger charge is 2.46. The summed E-state index contributed by atoms with van der Waals surface area (Å²) in [7, 11) is 20.7. The zero-order chi connectivity index (χ0) is 52.4. The van der Waals surface area contributed by atoms with Gasteiger partial charge in [0, 0.05) is 41.5 Å². The molecule has 6 rings (SSSR count). The molecule has 4 aromatic rings. The molecule has 0 saturated carbocycles. The molecule has 4 aromatic carbocycles. The van der Waals surface area contributed by atoms with Crippen LogP contribution in [0.2, 0.25) is 0 Å². The molecule has 0 spiro atoms. The molecule has 0 unspecified atom stereocenters. The minimum absolute atomic E-state index is 0. The molecule has 74 heavy (non-hydrogen) atoms. The van der Waals surface area contributed by atoms with Crippen molar-refractivity contribution in [1.82, 2.24) is 0 Å². The van der Waals surface area contributed by atoms with Crippen LogP contribution in [0, 0.1) is 5.41 Å². The molecule has 2 aliphatic rings. The van der Waals surface area contributed by atoms with E-state index in [1.54, 1.807) is 71.1 Å². The fourth-order valence-corrected chi connectivity index (χ4v) is 11.7. The summed E-state index contributed by atoms with van der Waals surface area (Å²) < 4.78 is 59.3. The van der Waals surface area contributed by atoms with Crippen molar-refractivity contribution in [1.29, 1.82) is 0 Å². The van der Waals surface area contributed by atoms with Crippen LogP contribution in [0.3, 0.4) is 0 Å². The summed E-state index contributed by atoms with van der Waals surface area (Å²) in [4.78, 5) is 25.5. The average Bonchev–Trinajstić information content (AvgIpc) is 3.38. The third kappa shape index (κ3) is 12.7. The van der Waals surface area contributed by atoms with Crippen LogP contribution >= 0.6 is 0 Å². The van der Waals surface area contributed by atoms with Crippen molar-refractivity contribution in [3.8, 4) is 57.5 Å². The van der Waals surface area contributed by atoms with Gasteiger partial charge in [-0.25, -0.2) is 0 Å². The Labute approximate surface area is 450 Å². The van der Waals surface area contributed by atoms with E-state index in [1.165, 1.54) is 0 Å². The minimum Gasteiger partial charge on any atom is -1.00 e. The van der Waals surface area contributed by atoms with Gasteiger partial charge in [0.2, 0.25) is 11.5 Å². The summed E-state index contributed by atoms with van der Waals surface area (Å²) in [5.41, 5.74) is 5.29. The Bertz CT molecular complexity index is 2340. The van der Waals surface area contributed by atoms with Gasteiger partial charge in [-0.05, 0) is 98.2 Å². The number of rotatable bonds is 27. The molecule has 4 atom stereocenters. The van der Waals surface area contributed by atoms with Crippen LogP contribution in [0.1, 0.15) is 103 Å². The number of carbonyl (C=O) groups is 2. The zero-order valence-corrected chi connectivity index (χ0v) is 46.8. The van der Waals surface area contributed by atoms with Gasteiger partial charge >= 0.3 is 11.9 Å². The van der Waals surface area contributed by atoms with E-state index in [1.807, 2.05) is 24.3 Å². The monoisotopic (exact) mass is 1070 g/mol. The second-order valence-electron chi connectivity index (χ2n) is 19.6. The number of carboxylic acids is 2. The number of unbranched alkanes of at least 4 members (excludes halogenated alkanes) is 2. The number of nitrogens with zero attached hydrogens (tertiary/aromatic N) is 2. The number of benzene rings is 4. The molecule has 2 N–H and O–H groups in total. The van der Waals surface area contributed by atoms with Crippen molar-refractivity contribution in [2.75, 3.05) is 111 Å². The van der Waals surface area contributed by atoms with Gasteiger partial charge in [0.05, 0.1) is 117 Å². The maximum atomic E-state index is 14.0. The number of carboxylic acid groups (broad SMARTS) is 2. The molecular formula is C56H78Cl2N2O14. The van der Waals surface area contributed by atoms with Gasteiger partial charge in [-0.2, -0.15) is 0 Å². The van der Waals surface area contributed by atoms with Gasteiger partial charge in [-0.15, -0.1) is 0 Å². The summed E-state index contributed by atoms with van der Waals surface area (Å²) in [6.45, 7) is 2.88. The SMILES string of the molecule is COc1cc2c(cc1OC)[C@H](c1cc(OC)c(OC)c(OC)c1)[N@+](C)(CCCC(CCCCCC(=O)O)(CCC[N@+]1(C)CCc3cc(OC)c(OC)cc3[C@@H]1c1cc(OC)c(OC)c(OC)c1)C(=O)O)CC2.[Cl-].[Cl-]. The number of hydrogen-bond acceptors (Lipinski definition) is 12. The largest absolute Gasteiger partial charge is 1.00 e. The third-order valence-electron chi connectivity index (χ3n) is 15.6. The molecule has 2 heterocycles. The van der Waals surface area contributed by atoms with E-state index in [-0.39, 0.29) is 43.3 Å². The number of hydrogen-bond donors (Lipinski definition) is 2. The highest BCUT2D eigenvalue weighted by atomic mass is 35.5. The van der Waals surface area contributed by atoms with E-state index in [9.17, 15) is 19.8 Å². The lowest BCUT2D eigenvalue weighted by molar-refractivity contribution is -0.936. The van der Waals surface area contributed by atoms with Crippen molar-refractivity contribution in [3.63, 3.8) is 0 Å².